The number of aliphatic hydroxyl groups is 1. The second-order valence-electron chi connectivity index (χ2n) is 3.21. The van der Waals surface area contributed by atoms with Gasteiger partial charge in [0, 0.05) is 18.4 Å². The summed E-state index contributed by atoms with van der Waals surface area (Å²) in [6.45, 7) is 0.0549. The number of carboxylic acid groups (broad SMARTS) is 1. The molecule has 0 spiro atoms. The van der Waals surface area contributed by atoms with E-state index in [1.807, 2.05) is 0 Å². The van der Waals surface area contributed by atoms with Crippen molar-refractivity contribution in [2.24, 2.45) is 0 Å². The summed E-state index contributed by atoms with van der Waals surface area (Å²) < 4.78 is 1.49. The predicted octanol–water partition coefficient (Wildman–Crippen LogP) is 1.31. The number of thiazole rings is 1. The molecule has 2 aromatic heterocycles. The van der Waals surface area contributed by atoms with E-state index in [9.17, 15) is 4.79 Å². The van der Waals surface area contributed by atoms with Gasteiger partial charge in [-0.1, -0.05) is 11.3 Å². The number of aromatic nitrogens is 3. The van der Waals surface area contributed by atoms with Gasteiger partial charge in [-0.15, -0.1) is 21.5 Å². The highest BCUT2D eigenvalue weighted by Crippen LogP contribution is 2.32. The van der Waals surface area contributed by atoms with E-state index in [0.29, 0.717) is 12.1 Å². The van der Waals surface area contributed by atoms with Crippen molar-refractivity contribution in [3.63, 3.8) is 0 Å². The zero-order chi connectivity index (χ0) is 13.0. The lowest BCUT2D eigenvalue weighted by atomic mass is 10.3. The first-order valence-corrected chi connectivity index (χ1v) is 7.46. The van der Waals surface area contributed by atoms with Crippen LogP contribution in [0.5, 0.6) is 0 Å². The zero-order valence-corrected chi connectivity index (χ0v) is 11.5. The summed E-state index contributed by atoms with van der Waals surface area (Å²) in [6, 6.07) is 0. The molecule has 0 aliphatic carbocycles. The first kappa shape index (κ1) is 13.4. The lowest BCUT2D eigenvalue weighted by molar-refractivity contribution is -0.136. The number of aliphatic hydroxyl groups excluding tert-OH is 1. The minimum atomic E-state index is -0.891. The molecule has 0 bridgehead atoms. The molecule has 96 valence electrons. The number of nitrogens with zero attached hydrogens (tertiary/aromatic N) is 3. The molecule has 0 radical (unpaired) electrons. The van der Waals surface area contributed by atoms with Gasteiger partial charge in [-0.05, 0) is 11.8 Å². The summed E-state index contributed by atoms with van der Waals surface area (Å²) >= 11 is 4.15. The van der Waals surface area contributed by atoms with Gasteiger partial charge in [-0.25, -0.2) is 4.98 Å². The number of carboxylic acids is 1. The molecule has 0 aliphatic rings. The van der Waals surface area contributed by atoms with Gasteiger partial charge in [0.15, 0.2) is 8.68 Å². The summed E-state index contributed by atoms with van der Waals surface area (Å²) in [5, 5.41) is 27.8. The molecule has 0 aliphatic heterocycles. The number of rotatable bonds is 6. The molecule has 0 atom stereocenters. The van der Waals surface area contributed by atoms with Gasteiger partial charge in [0.1, 0.15) is 5.01 Å². The van der Waals surface area contributed by atoms with E-state index in [1.54, 1.807) is 5.38 Å². The Balaban J connectivity index is 1.99. The normalized spacial score (nSPS) is 10.7. The molecule has 9 heteroatoms. The van der Waals surface area contributed by atoms with Gasteiger partial charge < -0.3 is 10.2 Å². The van der Waals surface area contributed by atoms with Gasteiger partial charge in [-0.2, -0.15) is 0 Å². The average molecular weight is 303 g/mol. The van der Waals surface area contributed by atoms with Crippen molar-refractivity contribution in [1.29, 1.82) is 0 Å². The molecule has 2 rings (SSSR count). The molecule has 6 nitrogen and oxygen atoms in total. The van der Waals surface area contributed by atoms with Crippen LogP contribution in [-0.2, 0) is 17.6 Å². The summed E-state index contributed by atoms with van der Waals surface area (Å²) in [7, 11) is 0. The Labute approximate surface area is 115 Å². The molecule has 0 amide bonds. The maximum atomic E-state index is 10.5. The fourth-order valence-electron chi connectivity index (χ4n) is 1.12. The predicted molar refractivity (Wildman–Crippen MR) is 68.3 cm³/mol. The van der Waals surface area contributed by atoms with E-state index in [1.165, 1.54) is 34.4 Å². The lowest BCUT2D eigenvalue weighted by Gasteiger charge is -1.89. The van der Waals surface area contributed by atoms with Crippen LogP contribution in [-0.4, -0.2) is 38.0 Å². The van der Waals surface area contributed by atoms with Crippen LogP contribution in [0.2, 0.25) is 0 Å². The summed E-state index contributed by atoms with van der Waals surface area (Å²) in [6.07, 6.45) is 0.434. The molecule has 0 saturated heterocycles. The smallest absolute Gasteiger partial charge is 0.309 e. The topological polar surface area (TPSA) is 96.2 Å². The van der Waals surface area contributed by atoms with Gasteiger partial charge in [0.2, 0.25) is 0 Å². The Hall–Kier alpha value is -1.03. The first-order chi connectivity index (χ1) is 8.67. The molecule has 0 aromatic carbocycles. The molecular formula is C9H9N3O3S3. The quantitative estimate of drug-likeness (QED) is 0.830. The van der Waals surface area contributed by atoms with E-state index >= 15 is 0 Å². The number of aliphatic carboxylic acids is 1. The summed E-state index contributed by atoms with van der Waals surface area (Å²) in [5.41, 5.74) is 0.551. The fourth-order valence-corrected chi connectivity index (χ4v) is 4.04. The monoisotopic (exact) mass is 303 g/mol. The van der Waals surface area contributed by atoms with Crippen LogP contribution < -0.4 is 0 Å². The Morgan fingerprint density at radius 3 is 2.94 bits per heavy atom. The standard InChI is InChI=1S/C9H9N3O3S3/c13-2-1-6-11-12-9(17-6)18-8-10-5(4-16-8)3-7(14)15/h4,13H,1-3H2,(H,14,15). The van der Waals surface area contributed by atoms with E-state index in [-0.39, 0.29) is 13.0 Å². The number of hydrogen-bond acceptors (Lipinski definition) is 8. The summed E-state index contributed by atoms with van der Waals surface area (Å²) in [5.74, 6) is -0.891. The Bertz CT molecular complexity index is 540. The highest BCUT2D eigenvalue weighted by Gasteiger charge is 2.10. The van der Waals surface area contributed by atoms with Crippen LogP contribution in [0.25, 0.3) is 0 Å². The minimum absolute atomic E-state index is 0.0549. The lowest BCUT2D eigenvalue weighted by Crippen LogP contribution is -1.99. The second kappa shape index (κ2) is 6.23. The van der Waals surface area contributed by atoms with Crippen molar-refractivity contribution in [2.45, 2.75) is 21.5 Å². The molecule has 2 heterocycles. The fraction of sp³-hybridized carbons (Fsp3) is 0.333. The molecule has 0 saturated carbocycles. The van der Waals surface area contributed by atoms with Gasteiger partial charge in [-0.3, -0.25) is 4.79 Å². The average Bonchev–Trinajstić information content (AvgIpc) is 2.89. The maximum Gasteiger partial charge on any atom is 0.309 e. The van der Waals surface area contributed by atoms with Crippen molar-refractivity contribution in [3.05, 3.63) is 16.1 Å². The van der Waals surface area contributed by atoms with E-state index in [2.05, 4.69) is 15.2 Å². The molecule has 2 N–H and O–H groups in total. The zero-order valence-electron chi connectivity index (χ0n) is 9.07. The number of carbonyl (C=O) groups is 1. The Morgan fingerprint density at radius 2 is 2.22 bits per heavy atom. The van der Waals surface area contributed by atoms with Crippen molar-refractivity contribution < 1.29 is 15.0 Å². The third-order valence-corrected chi connectivity index (χ3v) is 4.83. The highest BCUT2D eigenvalue weighted by molar-refractivity contribution is 8.02. The second-order valence-corrected chi connectivity index (χ2v) is 6.63. The molecule has 0 fully saturated rings. The van der Waals surface area contributed by atoms with Crippen LogP contribution >= 0.6 is 34.4 Å². The largest absolute Gasteiger partial charge is 0.481 e. The third kappa shape index (κ3) is 3.73. The van der Waals surface area contributed by atoms with Crippen molar-refractivity contribution >= 4 is 40.4 Å². The highest BCUT2D eigenvalue weighted by atomic mass is 32.2. The Morgan fingerprint density at radius 1 is 1.39 bits per heavy atom. The van der Waals surface area contributed by atoms with E-state index in [4.69, 9.17) is 10.2 Å². The van der Waals surface area contributed by atoms with Gasteiger partial charge >= 0.3 is 5.97 Å². The minimum Gasteiger partial charge on any atom is -0.481 e. The van der Waals surface area contributed by atoms with E-state index in [0.717, 1.165) is 13.7 Å². The van der Waals surface area contributed by atoms with Crippen LogP contribution in [0.1, 0.15) is 10.7 Å². The molecule has 18 heavy (non-hydrogen) atoms. The SMILES string of the molecule is O=C(O)Cc1csc(Sc2nnc(CCO)s2)n1. The van der Waals surface area contributed by atoms with Gasteiger partial charge in [0.25, 0.3) is 0 Å². The van der Waals surface area contributed by atoms with Crippen LogP contribution in [0.15, 0.2) is 14.1 Å². The van der Waals surface area contributed by atoms with Crippen molar-refractivity contribution in [3.8, 4) is 0 Å². The maximum absolute atomic E-state index is 10.5. The van der Waals surface area contributed by atoms with Gasteiger partial charge in [0.05, 0.1) is 12.1 Å². The molecular weight excluding hydrogens is 294 g/mol. The van der Waals surface area contributed by atoms with Crippen molar-refractivity contribution in [1.82, 2.24) is 15.2 Å². The van der Waals surface area contributed by atoms with Crippen LogP contribution in [0.3, 0.4) is 0 Å². The first-order valence-electron chi connectivity index (χ1n) is 4.94. The molecule has 2 aromatic rings. The summed E-state index contributed by atoms with van der Waals surface area (Å²) in [4.78, 5) is 14.7. The Kier molecular flexibility index (Phi) is 4.64. The van der Waals surface area contributed by atoms with Crippen molar-refractivity contribution in [2.75, 3.05) is 6.61 Å². The number of hydrogen-bond donors (Lipinski definition) is 2. The van der Waals surface area contributed by atoms with E-state index < -0.39 is 5.97 Å². The van der Waals surface area contributed by atoms with Crippen LogP contribution in [0.4, 0.5) is 0 Å². The third-order valence-electron chi connectivity index (χ3n) is 1.81. The molecule has 0 unspecified atom stereocenters. The van der Waals surface area contributed by atoms with Crippen LogP contribution in [0, 0.1) is 0 Å².